The fourth-order valence-corrected chi connectivity index (χ4v) is 2.05. The number of carbonyl (C=O) groups is 1. The van der Waals surface area contributed by atoms with Crippen molar-refractivity contribution in [2.75, 3.05) is 33.5 Å². The molecule has 21 heavy (non-hydrogen) atoms. The second-order valence-corrected chi connectivity index (χ2v) is 4.69. The molecule has 1 aromatic heterocycles. The van der Waals surface area contributed by atoms with Gasteiger partial charge >= 0.3 is 6.03 Å². The molecule has 7 nitrogen and oxygen atoms in total. The Morgan fingerprint density at radius 1 is 1.52 bits per heavy atom. The van der Waals surface area contributed by atoms with Crippen LogP contribution in [-0.4, -0.2) is 56.6 Å². The van der Waals surface area contributed by atoms with Gasteiger partial charge < -0.3 is 24.8 Å². The molecular formula is C14H21N3O4. The lowest BCUT2D eigenvalue weighted by atomic mass is 10.1. The smallest absolute Gasteiger partial charge is 0.315 e. The first-order chi connectivity index (χ1) is 10.3. The highest BCUT2D eigenvalue weighted by molar-refractivity contribution is 5.74. The van der Waals surface area contributed by atoms with Crippen molar-refractivity contribution in [1.29, 1.82) is 0 Å². The van der Waals surface area contributed by atoms with Crippen LogP contribution in [0, 0.1) is 0 Å². The summed E-state index contributed by atoms with van der Waals surface area (Å²) < 4.78 is 16.1. The summed E-state index contributed by atoms with van der Waals surface area (Å²) in [5, 5.41) is 5.64. The molecule has 1 fully saturated rings. The Labute approximate surface area is 124 Å². The lowest BCUT2D eigenvalue weighted by Crippen LogP contribution is -2.54. The Morgan fingerprint density at radius 2 is 2.43 bits per heavy atom. The molecule has 1 aliphatic heterocycles. The topological polar surface area (TPSA) is 81.7 Å². The maximum Gasteiger partial charge on any atom is 0.315 e. The molecule has 0 saturated carbocycles. The van der Waals surface area contributed by atoms with Crippen molar-refractivity contribution in [3.8, 4) is 5.88 Å². The minimum atomic E-state index is -0.248. The summed E-state index contributed by atoms with van der Waals surface area (Å²) in [5.41, 5.74) is 0. The van der Waals surface area contributed by atoms with Crippen LogP contribution in [0.15, 0.2) is 24.4 Å². The first-order valence-electron chi connectivity index (χ1n) is 6.98. The summed E-state index contributed by atoms with van der Waals surface area (Å²) in [5.74, 6) is 0.527. The van der Waals surface area contributed by atoms with Crippen LogP contribution >= 0.6 is 0 Å². The van der Waals surface area contributed by atoms with Gasteiger partial charge in [-0.25, -0.2) is 9.78 Å². The number of pyridine rings is 1. The second kappa shape index (κ2) is 8.43. The zero-order chi connectivity index (χ0) is 14.9. The van der Waals surface area contributed by atoms with Gasteiger partial charge in [0.15, 0.2) is 0 Å². The van der Waals surface area contributed by atoms with E-state index in [4.69, 9.17) is 14.2 Å². The van der Waals surface area contributed by atoms with Gasteiger partial charge in [0.1, 0.15) is 6.10 Å². The molecule has 1 aliphatic rings. The number of hydrogen-bond acceptors (Lipinski definition) is 5. The molecule has 7 heteroatoms. The van der Waals surface area contributed by atoms with E-state index in [0.717, 1.165) is 0 Å². The third-order valence-corrected chi connectivity index (χ3v) is 3.12. The third-order valence-electron chi connectivity index (χ3n) is 3.12. The molecule has 1 saturated heterocycles. The molecule has 2 heterocycles. The first-order valence-corrected chi connectivity index (χ1v) is 6.98. The number of nitrogens with one attached hydrogen (secondary N) is 2. The summed E-state index contributed by atoms with van der Waals surface area (Å²) >= 11 is 0. The van der Waals surface area contributed by atoms with E-state index in [1.54, 1.807) is 19.4 Å². The molecule has 2 amide bonds. The van der Waals surface area contributed by atoms with E-state index in [9.17, 15) is 4.79 Å². The molecular weight excluding hydrogens is 274 g/mol. The summed E-state index contributed by atoms with van der Waals surface area (Å²) in [6.45, 7) is 1.98. The van der Waals surface area contributed by atoms with Gasteiger partial charge in [-0.05, 0) is 12.5 Å². The van der Waals surface area contributed by atoms with Gasteiger partial charge in [0.25, 0.3) is 0 Å². The number of nitrogens with zero attached hydrogens (tertiary/aromatic N) is 1. The largest absolute Gasteiger partial charge is 0.470 e. The summed E-state index contributed by atoms with van der Waals surface area (Å²) in [6, 6.07) is 5.12. The summed E-state index contributed by atoms with van der Waals surface area (Å²) in [4.78, 5) is 15.9. The molecule has 2 N–H and O–H groups in total. The fraction of sp³-hybridized carbons (Fsp3) is 0.571. The highest BCUT2D eigenvalue weighted by Gasteiger charge is 2.29. The van der Waals surface area contributed by atoms with Gasteiger partial charge in [-0.3, -0.25) is 0 Å². The van der Waals surface area contributed by atoms with Crippen LogP contribution in [0.1, 0.15) is 6.42 Å². The monoisotopic (exact) mass is 295 g/mol. The van der Waals surface area contributed by atoms with E-state index in [1.807, 2.05) is 12.1 Å². The van der Waals surface area contributed by atoms with E-state index in [1.165, 1.54) is 0 Å². The van der Waals surface area contributed by atoms with Gasteiger partial charge in [-0.1, -0.05) is 6.07 Å². The highest BCUT2D eigenvalue weighted by atomic mass is 16.5. The Balaban J connectivity index is 1.85. The quantitative estimate of drug-likeness (QED) is 0.750. The minimum Gasteiger partial charge on any atom is -0.470 e. The van der Waals surface area contributed by atoms with E-state index in [0.29, 0.717) is 38.7 Å². The van der Waals surface area contributed by atoms with Gasteiger partial charge in [-0.15, -0.1) is 0 Å². The molecule has 1 aromatic rings. The molecule has 0 radical (unpaired) electrons. The van der Waals surface area contributed by atoms with Crippen molar-refractivity contribution in [3.05, 3.63) is 24.4 Å². The molecule has 0 aromatic carbocycles. The predicted octanol–water partition coefficient (Wildman–Crippen LogP) is 0.563. The van der Waals surface area contributed by atoms with E-state index >= 15 is 0 Å². The number of ether oxygens (including phenoxy) is 3. The number of amides is 2. The zero-order valence-corrected chi connectivity index (χ0v) is 12.1. The van der Waals surface area contributed by atoms with Crippen molar-refractivity contribution in [2.45, 2.75) is 18.6 Å². The lowest BCUT2D eigenvalue weighted by molar-refractivity contribution is -0.0137. The van der Waals surface area contributed by atoms with Crippen LogP contribution in [0.25, 0.3) is 0 Å². The number of rotatable bonds is 6. The zero-order valence-electron chi connectivity index (χ0n) is 12.1. The number of aromatic nitrogens is 1. The molecule has 0 spiro atoms. The van der Waals surface area contributed by atoms with Crippen LogP contribution in [-0.2, 0) is 9.47 Å². The number of hydrogen-bond donors (Lipinski definition) is 2. The van der Waals surface area contributed by atoms with Crippen LogP contribution in [0.2, 0.25) is 0 Å². The number of urea groups is 1. The van der Waals surface area contributed by atoms with E-state index in [2.05, 4.69) is 15.6 Å². The van der Waals surface area contributed by atoms with Crippen LogP contribution in [0.5, 0.6) is 5.88 Å². The predicted molar refractivity (Wildman–Crippen MR) is 76.3 cm³/mol. The maximum atomic E-state index is 11.8. The van der Waals surface area contributed by atoms with Crippen LogP contribution in [0.3, 0.4) is 0 Å². The molecule has 0 bridgehead atoms. The van der Waals surface area contributed by atoms with Gasteiger partial charge in [0, 0.05) is 32.5 Å². The van der Waals surface area contributed by atoms with Crippen LogP contribution in [0.4, 0.5) is 4.79 Å². The molecule has 0 aliphatic carbocycles. The summed E-state index contributed by atoms with van der Waals surface area (Å²) in [7, 11) is 1.59. The van der Waals surface area contributed by atoms with Crippen molar-refractivity contribution in [3.63, 3.8) is 0 Å². The fourth-order valence-electron chi connectivity index (χ4n) is 2.05. The average molecular weight is 295 g/mol. The minimum absolute atomic E-state index is 0.108. The number of methoxy groups -OCH3 is 1. The Morgan fingerprint density at radius 3 is 3.19 bits per heavy atom. The summed E-state index contributed by atoms with van der Waals surface area (Å²) in [6.07, 6.45) is 2.12. The third kappa shape index (κ3) is 5.20. The lowest BCUT2D eigenvalue weighted by Gasteiger charge is -2.32. The van der Waals surface area contributed by atoms with Gasteiger partial charge in [0.2, 0.25) is 5.88 Å². The maximum absolute atomic E-state index is 11.8. The Hall–Kier alpha value is -1.86. The SMILES string of the molecule is COCCNC(=O)N[C@@H]1CCOC[C@H]1Oc1ccccn1. The Bertz CT molecular complexity index is 429. The van der Waals surface area contributed by atoms with Gasteiger partial charge in [-0.2, -0.15) is 0 Å². The number of carbonyl (C=O) groups excluding carboxylic acids is 1. The van der Waals surface area contributed by atoms with Crippen molar-refractivity contribution >= 4 is 6.03 Å². The van der Waals surface area contributed by atoms with Crippen molar-refractivity contribution in [1.82, 2.24) is 15.6 Å². The van der Waals surface area contributed by atoms with E-state index in [-0.39, 0.29) is 18.2 Å². The Kier molecular flexibility index (Phi) is 6.23. The highest BCUT2D eigenvalue weighted by Crippen LogP contribution is 2.15. The van der Waals surface area contributed by atoms with Crippen molar-refractivity contribution in [2.24, 2.45) is 0 Å². The van der Waals surface area contributed by atoms with Crippen LogP contribution < -0.4 is 15.4 Å². The normalized spacial score (nSPS) is 21.6. The molecule has 0 unspecified atom stereocenters. The first kappa shape index (κ1) is 15.5. The average Bonchev–Trinajstić information content (AvgIpc) is 2.51. The molecule has 116 valence electrons. The van der Waals surface area contributed by atoms with E-state index < -0.39 is 0 Å². The standard InChI is InChI=1S/C14H21N3O4/c1-19-9-7-16-14(18)17-11-5-8-20-10-12(11)21-13-4-2-3-6-15-13/h2-4,6,11-12H,5,7-10H2,1H3,(H2,16,17,18)/t11-,12-/m1/s1. The van der Waals surface area contributed by atoms with Crippen molar-refractivity contribution < 1.29 is 19.0 Å². The molecule has 2 atom stereocenters. The second-order valence-electron chi connectivity index (χ2n) is 4.69. The van der Waals surface area contributed by atoms with Gasteiger partial charge in [0.05, 0.1) is 19.3 Å². The molecule has 2 rings (SSSR count).